The number of carboxylic acids is 1. The third-order valence-corrected chi connectivity index (χ3v) is 7.81. The highest BCUT2D eigenvalue weighted by molar-refractivity contribution is 5.92. The van der Waals surface area contributed by atoms with Crippen LogP contribution >= 0.6 is 0 Å². The Hall–Kier alpha value is -4.53. The second kappa shape index (κ2) is 11.8. The first-order chi connectivity index (χ1) is 20.4. The molecule has 3 aliphatic rings. The molecule has 1 fully saturated rings. The fourth-order valence-electron chi connectivity index (χ4n) is 5.48. The summed E-state index contributed by atoms with van der Waals surface area (Å²) < 4.78 is 44.1. The number of fused-ring (bicyclic) bond motifs is 1. The van der Waals surface area contributed by atoms with Crippen molar-refractivity contribution in [2.24, 2.45) is 0 Å². The van der Waals surface area contributed by atoms with Crippen molar-refractivity contribution in [2.75, 3.05) is 19.7 Å². The number of ether oxygens (including phenoxy) is 2. The lowest BCUT2D eigenvalue weighted by Gasteiger charge is -2.38. The summed E-state index contributed by atoms with van der Waals surface area (Å²) in [5, 5.41) is 21.9. The lowest BCUT2D eigenvalue weighted by molar-refractivity contribution is -0.0592. The summed E-state index contributed by atoms with van der Waals surface area (Å²) in [5.74, 6) is -1.02. The average Bonchev–Trinajstić information content (AvgIpc) is 3.31. The van der Waals surface area contributed by atoms with Gasteiger partial charge in [-0.2, -0.15) is 5.26 Å². The van der Waals surface area contributed by atoms with Gasteiger partial charge in [-0.1, -0.05) is 12.1 Å². The van der Waals surface area contributed by atoms with Crippen LogP contribution in [0.3, 0.4) is 0 Å². The van der Waals surface area contributed by atoms with Gasteiger partial charge < -0.3 is 29.4 Å². The first-order valence-electron chi connectivity index (χ1n) is 13.8. The number of nitriles is 1. The van der Waals surface area contributed by atoms with Gasteiger partial charge in [-0.25, -0.2) is 18.6 Å². The van der Waals surface area contributed by atoms with E-state index in [0.29, 0.717) is 55.4 Å². The molecule has 9 nitrogen and oxygen atoms in total. The van der Waals surface area contributed by atoms with Gasteiger partial charge in [-0.05, 0) is 61.4 Å². The minimum absolute atomic E-state index is 0.0406. The van der Waals surface area contributed by atoms with E-state index in [4.69, 9.17) is 19.7 Å². The summed E-state index contributed by atoms with van der Waals surface area (Å²) >= 11 is 0. The molecule has 0 spiro atoms. The summed E-state index contributed by atoms with van der Waals surface area (Å²) in [4.78, 5) is 18.3. The maximum Gasteiger partial charge on any atom is 0.335 e. The Morgan fingerprint density at radius 3 is 2.79 bits per heavy atom. The van der Waals surface area contributed by atoms with Gasteiger partial charge in [0, 0.05) is 24.8 Å². The predicted molar refractivity (Wildman–Crippen MR) is 149 cm³/mol. The van der Waals surface area contributed by atoms with Crippen LogP contribution in [-0.2, 0) is 29.2 Å². The minimum Gasteiger partial charge on any atom is -0.478 e. The van der Waals surface area contributed by atoms with Crippen molar-refractivity contribution in [3.63, 3.8) is 0 Å². The van der Waals surface area contributed by atoms with Crippen LogP contribution in [-0.4, -0.2) is 57.4 Å². The Labute approximate surface area is 241 Å². The molecule has 0 amide bonds. The fraction of sp³-hybridized carbons (Fsp3) is 0.323. The van der Waals surface area contributed by atoms with E-state index in [1.807, 2.05) is 16.7 Å². The van der Waals surface area contributed by atoms with E-state index in [-0.39, 0.29) is 41.8 Å². The largest absolute Gasteiger partial charge is 0.478 e. The number of rotatable bonds is 9. The molecule has 0 bridgehead atoms. The lowest BCUT2D eigenvalue weighted by Crippen LogP contribution is -2.41. The standard InChI is InChI=1S/C31H29F2N5O4/c32-24-4-6-29(42-18-22-2-1-19(15-34)13-25(22)33)38(30(24)20-7-10-35-11-8-20)17-28-36-26-5-3-21(31(39)40)14-27(26)37(28)16-23-9-12-41-23/h1-7,13-14,23,30,35H,8-12,16-18H2,(H,39,40). The number of carboxylic acid groups (broad SMARTS) is 1. The quantitative estimate of drug-likeness (QED) is 0.359. The first-order valence-corrected chi connectivity index (χ1v) is 13.8. The zero-order chi connectivity index (χ0) is 29.2. The number of imidazole rings is 1. The van der Waals surface area contributed by atoms with Crippen LogP contribution < -0.4 is 5.32 Å². The van der Waals surface area contributed by atoms with E-state index in [1.165, 1.54) is 30.4 Å². The molecule has 1 aromatic heterocycles. The summed E-state index contributed by atoms with van der Waals surface area (Å²) in [6.07, 6.45) is 6.33. The molecule has 3 aliphatic heterocycles. The highest BCUT2D eigenvalue weighted by Crippen LogP contribution is 2.34. The zero-order valence-corrected chi connectivity index (χ0v) is 22.7. The molecule has 2 aromatic carbocycles. The number of hydrogen-bond donors (Lipinski definition) is 2. The second-order valence-corrected chi connectivity index (χ2v) is 10.5. The predicted octanol–water partition coefficient (Wildman–Crippen LogP) is 4.55. The van der Waals surface area contributed by atoms with E-state index in [9.17, 15) is 14.3 Å². The molecule has 42 heavy (non-hydrogen) atoms. The molecular formula is C31H29F2N5O4. The topological polar surface area (TPSA) is 113 Å². The molecular weight excluding hydrogens is 544 g/mol. The van der Waals surface area contributed by atoms with Gasteiger partial charge in [-0.15, -0.1) is 0 Å². The number of allylic oxidation sites excluding steroid dienone is 2. The number of aromatic carboxylic acids is 1. The van der Waals surface area contributed by atoms with Gasteiger partial charge in [0.1, 0.15) is 30.1 Å². The maximum atomic E-state index is 15.6. The van der Waals surface area contributed by atoms with Crippen LogP contribution in [0, 0.1) is 17.1 Å². The lowest BCUT2D eigenvalue weighted by atomic mass is 9.96. The Morgan fingerprint density at radius 1 is 1.24 bits per heavy atom. The molecule has 0 aliphatic carbocycles. The van der Waals surface area contributed by atoms with E-state index >= 15 is 4.39 Å². The number of halogens is 2. The summed E-state index contributed by atoms with van der Waals surface area (Å²) in [6.45, 7) is 2.45. The molecule has 2 atom stereocenters. The van der Waals surface area contributed by atoms with Gasteiger partial charge in [-0.3, -0.25) is 0 Å². The normalized spacial score (nSPS) is 20.3. The molecule has 2 N–H and O–H groups in total. The minimum atomic E-state index is -1.04. The van der Waals surface area contributed by atoms with Crippen LogP contribution in [0.1, 0.15) is 40.2 Å². The highest BCUT2D eigenvalue weighted by atomic mass is 19.1. The smallest absolute Gasteiger partial charge is 0.335 e. The summed E-state index contributed by atoms with van der Waals surface area (Å²) in [7, 11) is 0. The Balaban J connectivity index is 1.37. The molecule has 2 unspecified atom stereocenters. The molecule has 3 aromatic rings. The van der Waals surface area contributed by atoms with Crippen LogP contribution in [0.5, 0.6) is 0 Å². The van der Waals surface area contributed by atoms with E-state index in [0.717, 1.165) is 18.1 Å². The number of aromatic nitrogens is 2. The maximum absolute atomic E-state index is 15.6. The molecule has 6 rings (SSSR count). The SMILES string of the molecule is N#Cc1ccc(COC2=CC=C(F)C(C3=CCNCC3)N2Cc2nc3ccc(C(=O)O)cc3n2CC2CCO2)c(F)c1. The van der Waals surface area contributed by atoms with Crippen molar-refractivity contribution >= 4 is 17.0 Å². The Kier molecular flexibility index (Phi) is 7.73. The van der Waals surface area contributed by atoms with E-state index < -0.39 is 17.8 Å². The third kappa shape index (κ3) is 5.51. The number of nitrogens with zero attached hydrogens (tertiary/aromatic N) is 4. The molecule has 0 saturated carbocycles. The van der Waals surface area contributed by atoms with Gasteiger partial charge in [0.25, 0.3) is 0 Å². The number of benzene rings is 2. The number of hydrogen-bond acceptors (Lipinski definition) is 7. The van der Waals surface area contributed by atoms with E-state index in [2.05, 4.69) is 5.32 Å². The van der Waals surface area contributed by atoms with Crippen molar-refractivity contribution in [1.29, 1.82) is 5.26 Å². The zero-order valence-electron chi connectivity index (χ0n) is 22.7. The second-order valence-electron chi connectivity index (χ2n) is 10.5. The van der Waals surface area contributed by atoms with Gasteiger partial charge in [0.2, 0.25) is 0 Å². The number of nitrogens with one attached hydrogen (secondary N) is 1. The van der Waals surface area contributed by atoms with Gasteiger partial charge >= 0.3 is 5.97 Å². The van der Waals surface area contributed by atoms with Crippen molar-refractivity contribution in [3.8, 4) is 6.07 Å². The molecule has 1 saturated heterocycles. The van der Waals surface area contributed by atoms with Gasteiger partial charge in [0.15, 0.2) is 5.88 Å². The van der Waals surface area contributed by atoms with Crippen LogP contribution in [0.15, 0.2) is 71.9 Å². The van der Waals surface area contributed by atoms with Crippen molar-refractivity contribution in [2.45, 2.75) is 44.7 Å². The molecule has 216 valence electrons. The van der Waals surface area contributed by atoms with Crippen LogP contribution in [0.4, 0.5) is 8.78 Å². The van der Waals surface area contributed by atoms with Crippen LogP contribution in [0.25, 0.3) is 11.0 Å². The highest BCUT2D eigenvalue weighted by Gasteiger charge is 2.34. The Morgan fingerprint density at radius 2 is 2.10 bits per heavy atom. The van der Waals surface area contributed by atoms with Crippen molar-refractivity contribution < 1.29 is 28.2 Å². The van der Waals surface area contributed by atoms with E-state index in [1.54, 1.807) is 17.0 Å². The first kappa shape index (κ1) is 27.6. The average molecular weight is 574 g/mol. The molecule has 4 heterocycles. The van der Waals surface area contributed by atoms with Crippen LogP contribution in [0.2, 0.25) is 0 Å². The monoisotopic (exact) mass is 573 g/mol. The molecule has 11 heteroatoms. The van der Waals surface area contributed by atoms with Crippen molar-refractivity contribution in [1.82, 2.24) is 19.8 Å². The van der Waals surface area contributed by atoms with Crippen molar-refractivity contribution in [3.05, 3.63) is 100 Å². The van der Waals surface area contributed by atoms with Gasteiger partial charge in [0.05, 0.1) is 47.4 Å². The third-order valence-electron chi connectivity index (χ3n) is 7.81. The molecule has 0 radical (unpaired) electrons. The summed E-state index contributed by atoms with van der Waals surface area (Å²) in [5.41, 5.74) is 2.77. The fourth-order valence-corrected chi connectivity index (χ4v) is 5.48. The number of carbonyl (C=O) groups is 1. The summed E-state index contributed by atoms with van der Waals surface area (Å²) in [6, 6.07) is 10.1. The Bertz CT molecular complexity index is 1670.